The van der Waals surface area contributed by atoms with Crippen LogP contribution in [0.25, 0.3) is 0 Å². The number of hydrogen-bond donors (Lipinski definition) is 0. The van der Waals surface area contributed by atoms with Crippen molar-refractivity contribution < 1.29 is 8.78 Å². The number of halogens is 4. The van der Waals surface area contributed by atoms with Gasteiger partial charge in [-0.1, -0.05) is 11.6 Å². The fraction of sp³-hybridized carbons (Fsp3) is 0. The fourth-order valence-corrected chi connectivity index (χ4v) is 1.06. The van der Waals surface area contributed by atoms with Crippen LogP contribution in [0.15, 0.2) is 12.1 Å². The second kappa shape index (κ2) is 3.00. The molecule has 0 radical (unpaired) electrons. The molecule has 0 aliphatic carbocycles. The van der Waals surface area contributed by atoms with Crippen molar-refractivity contribution in [3.8, 4) is 0 Å². The second-order valence-electron chi connectivity index (χ2n) is 1.66. The van der Waals surface area contributed by atoms with E-state index >= 15 is 0 Å². The first kappa shape index (κ1) is 8.20. The Hall–Kier alpha value is 0.1000. The highest BCUT2D eigenvalue weighted by atomic mass is 127. The monoisotopic (exact) mass is 274 g/mol. The van der Waals surface area contributed by atoms with Crippen molar-refractivity contribution in [1.82, 2.24) is 0 Å². The lowest BCUT2D eigenvalue weighted by Crippen LogP contribution is -1.88. The summed E-state index contributed by atoms with van der Waals surface area (Å²) < 4.78 is 25.2. The first-order valence-corrected chi connectivity index (χ1v) is 3.87. The minimum absolute atomic E-state index is 0.182. The van der Waals surface area contributed by atoms with Gasteiger partial charge in [-0.2, -0.15) is 0 Å². The molecule has 0 N–H and O–H groups in total. The van der Waals surface area contributed by atoms with E-state index < -0.39 is 11.6 Å². The van der Waals surface area contributed by atoms with Crippen molar-refractivity contribution in [3.05, 3.63) is 32.4 Å². The van der Waals surface area contributed by atoms with E-state index in [1.807, 2.05) is 0 Å². The molecule has 1 rings (SSSR count). The number of benzene rings is 1. The van der Waals surface area contributed by atoms with Crippen LogP contribution in [0.5, 0.6) is 0 Å². The molecule has 0 saturated heterocycles. The maximum atomic E-state index is 12.5. The predicted molar refractivity (Wildman–Crippen MR) is 44.1 cm³/mol. The maximum Gasteiger partial charge on any atom is 0.178 e. The van der Waals surface area contributed by atoms with Gasteiger partial charge in [0.2, 0.25) is 0 Å². The van der Waals surface area contributed by atoms with Gasteiger partial charge in [0.25, 0.3) is 0 Å². The summed E-state index contributed by atoms with van der Waals surface area (Å²) in [6, 6.07) is 2.74. The summed E-state index contributed by atoms with van der Waals surface area (Å²) in [7, 11) is 0. The molecule has 0 amide bonds. The normalized spacial score (nSPS) is 10.0. The van der Waals surface area contributed by atoms with Crippen molar-refractivity contribution in [2.45, 2.75) is 0 Å². The Balaban J connectivity index is 3.34. The minimum atomic E-state index is -0.978. The predicted octanol–water partition coefficient (Wildman–Crippen LogP) is 3.22. The fourth-order valence-electron chi connectivity index (χ4n) is 0.502. The van der Waals surface area contributed by atoms with E-state index in [2.05, 4.69) is 0 Å². The highest BCUT2D eigenvalue weighted by Gasteiger charge is 2.08. The average Bonchev–Trinajstić information content (AvgIpc) is 1.93. The summed E-state index contributed by atoms with van der Waals surface area (Å²) in [6.45, 7) is 0. The molecule has 0 atom stereocenters. The van der Waals surface area contributed by atoms with Crippen LogP contribution in [0.2, 0.25) is 5.02 Å². The zero-order valence-electron chi connectivity index (χ0n) is 4.67. The molecule has 10 heavy (non-hydrogen) atoms. The maximum absolute atomic E-state index is 12.5. The van der Waals surface area contributed by atoms with E-state index in [1.54, 1.807) is 22.6 Å². The first-order valence-electron chi connectivity index (χ1n) is 2.42. The lowest BCUT2D eigenvalue weighted by atomic mass is 10.3. The van der Waals surface area contributed by atoms with Gasteiger partial charge in [0.1, 0.15) is 0 Å². The van der Waals surface area contributed by atoms with Gasteiger partial charge in [-0.25, -0.2) is 8.78 Å². The molecule has 54 valence electrons. The number of hydrogen-bond acceptors (Lipinski definition) is 0. The van der Waals surface area contributed by atoms with E-state index in [1.165, 1.54) is 12.1 Å². The smallest absolute Gasteiger partial charge is 0.178 e. The third-order valence-electron chi connectivity index (χ3n) is 0.988. The highest BCUT2D eigenvalue weighted by Crippen LogP contribution is 2.20. The second-order valence-corrected chi connectivity index (χ2v) is 3.23. The number of rotatable bonds is 0. The van der Waals surface area contributed by atoms with Gasteiger partial charge in [0, 0.05) is 0 Å². The van der Waals surface area contributed by atoms with Crippen LogP contribution in [-0.2, 0) is 0 Å². The lowest BCUT2D eigenvalue weighted by molar-refractivity contribution is 0.504. The van der Waals surface area contributed by atoms with Crippen LogP contribution in [-0.4, -0.2) is 0 Å². The van der Waals surface area contributed by atoms with Crippen LogP contribution < -0.4 is 0 Å². The molecule has 0 nitrogen and oxygen atoms in total. The average molecular weight is 274 g/mol. The van der Waals surface area contributed by atoms with Gasteiger partial charge in [-0.05, 0) is 34.7 Å². The molecule has 0 spiro atoms. The highest BCUT2D eigenvalue weighted by molar-refractivity contribution is 14.1. The molecule has 0 bridgehead atoms. The van der Waals surface area contributed by atoms with Crippen molar-refractivity contribution in [2.24, 2.45) is 0 Å². The van der Waals surface area contributed by atoms with Crippen molar-refractivity contribution >= 4 is 34.2 Å². The summed E-state index contributed by atoms with van der Waals surface area (Å²) in [5.74, 6) is -1.86. The largest absolute Gasteiger partial charge is 0.203 e. The van der Waals surface area contributed by atoms with E-state index in [-0.39, 0.29) is 8.59 Å². The molecule has 1 aromatic carbocycles. The molecule has 0 aliphatic rings. The van der Waals surface area contributed by atoms with Gasteiger partial charge in [0.15, 0.2) is 11.6 Å². The van der Waals surface area contributed by atoms with E-state index in [0.29, 0.717) is 0 Å². The lowest BCUT2D eigenvalue weighted by Gasteiger charge is -1.96. The molecule has 1 aromatic rings. The standard InChI is InChI=1S/C6H2ClF2I/c7-3-1-2-4(10)6(9)5(3)8/h1-2H. The topological polar surface area (TPSA) is 0 Å². The molecule has 0 saturated carbocycles. The molecule has 0 heterocycles. The molecule has 0 unspecified atom stereocenters. The van der Waals surface area contributed by atoms with Crippen LogP contribution in [0.1, 0.15) is 0 Å². The molecular formula is C6H2ClF2I. The Morgan fingerprint density at radius 1 is 1.20 bits per heavy atom. The van der Waals surface area contributed by atoms with Crippen LogP contribution >= 0.6 is 34.2 Å². The Labute approximate surface area is 75.3 Å². The Morgan fingerprint density at radius 3 is 2.30 bits per heavy atom. The molecule has 0 fully saturated rings. The Bertz CT molecular complexity index is 235. The SMILES string of the molecule is Fc1c(Cl)ccc(I)c1F. The van der Waals surface area contributed by atoms with Gasteiger partial charge in [0.05, 0.1) is 8.59 Å². The van der Waals surface area contributed by atoms with Crippen molar-refractivity contribution in [1.29, 1.82) is 0 Å². The molecular weight excluding hydrogens is 272 g/mol. The van der Waals surface area contributed by atoms with Crippen molar-refractivity contribution in [2.75, 3.05) is 0 Å². The molecule has 0 aromatic heterocycles. The molecule has 0 aliphatic heterocycles. The summed E-state index contributed by atoms with van der Waals surface area (Å²) in [5, 5.41) is -0.182. The van der Waals surface area contributed by atoms with Gasteiger partial charge in [-0.15, -0.1) is 0 Å². The Kier molecular flexibility index (Phi) is 2.46. The van der Waals surface area contributed by atoms with Gasteiger partial charge < -0.3 is 0 Å². The van der Waals surface area contributed by atoms with E-state index in [4.69, 9.17) is 11.6 Å². The van der Waals surface area contributed by atoms with Crippen LogP contribution in [0.3, 0.4) is 0 Å². The van der Waals surface area contributed by atoms with Crippen LogP contribution in [0, 0.1) is 15.2 Å². The molecule has 4 heteroatoms. The minimum Gasteiger partial charge on any atom is -0.203 e. The third-order valence-corrected chi connectivity index (χ3v) is 2.11. The zero-order valence-corrected chi connectivity index (χ0v) is 7.58. The first-order chi connectivity index (χ1) is 4.63. The summed E-state index contributed by atoms with van der Waals surface area (Å²) in [4.78, 5) is 0. The van der Waals surface area contributed by atoms with Crippen molar-refractivity contribution in [3.63, 3.8) is 0 Å². The van der Waals surface area contributed by atoms with E-state index in [9.17, 15) is 8.78 Å². The zero-order chi connectivity index (χ0) is 7.72. The van der Waals surface area contributed by atoms with E-state index in [0.717, 1.165) is 0 Å². The summed E-state index contributed by atoms with van der Waals surface area (Å²) >= 11 is 6.96. The summed E-state index contributed by atoms with van der Waals surface area (Å²) in [6.07, 6.45) is 0. The van der Waals surface area contributed by atoms with Crippen LogP contribution in [0.4, 0.5) is 8.78 Å². The quantitative estimate of drug-likeness (QED) is 0.387. The van der Waals surface area contributed by atoms with Gasteiger partial charge >= 0.3 is 0 Å². The summed E-state index contributed by atoms with van der Waals surface area (Å²) in [5.41, 5.74) is 0. The third kappa shape index (κ3) is 1.40. The Morgan fingerprint density at radius 2 is 1.80 bits per heavy atom. The van der Waals surface area contributed by atoms with Gasteiger partial charge in [-0.3, -0.25) is 0 Å².